The van der Waals surface area contributed by atoms with Gasteiger partial charge in [0.05, 0.1) is 27.8 Å². The number of aromatic nitrogens is 4. The number of rotatable bonds is 9. The molecule has 0 aliphatic carbocycles. The van der Waals surface area contributed by atoms with Gasteiger partial charge in [0.2, 0.25) is 23.5 Å². The van der Waals surface area contributed by atoms with Gasteiger partial charge in [-0.05, 0) is 6.07 Å². The van der Waals surface area contributed by atoms with E-state index in [0.717, 1.165) is 5.45 Å². The fourth-order valence-electron chi connectivity index (χ4n) is 2.61. The second-order valence-electron chi connectivity index (χ2n) is 7.62. The number of carbonyl (C=O) groups is 1. The number of hydrogen-bond donors (Lipinski definition) is 1. The van der Waals surface area contributed by atoms with Gasteiger partial charge in [-0.15, -0.1) is 0 Å². The molecular weight excluding hydrogens is 434 g/mol. The van der Waals surface area contributed by atoms with E-state index in [-0.39, 0.29) is 41.7 Å². The van der Waals surface area contributed by atoms with E-state index in [4.69, 9.17) is 23.4 Å². The summed E-state index contributed by atoms with van der Waals surface area (Å²) in [6.07, 6.45) is 1.59. The second kappa shape index (κ2) is 9.64. The van der Waals surface area contributed by atoms with Crippen LogP contribution in [0.4, 0.5) is 5.69 Å². The second-order valence-corrected chi connectivity index (χ2v) is 12.6. The Morgan fingerprint density at radius 1 is 1.00 bits per heavy atom. The highest BCUT2D eigenvalue weighted by Gasteiger charge is 2.22. The van der Waals surface area contributed by atoms with Gasteiger partial charge in [-0.2, -0.15) is 9.97 Å². The van der Waals surface area contributed by atoms with Crippen molar-refractivity contribution >= 4 is 25.1 Å². The Hall–Kier alpha value is -3.67. The number of ether oxygens (including phenoxy) is 4. The van der Waals surface area contributed by atoms with E-state index < -0.39 is 8.07 Å². The normalized spacial score (nSPS) is 11.1. The smallest absolute Gasteiger partial charge is 0.322 e. The molecule has 0 radical (unpaired) electrons. The monoisotopic (exact) mass is 459 g/mol. The summed E-state index contributed by atoms with van der Waals surface area (Å²) >= 11 is 0. The maximum Gasteiger partial charge on any atom is 0.322 e. The number of anilines is 1. The molecule has 0 atom stereocenters. The highest BCUT2D eigenvalue weighted by Crippen LogP contribution is 2.33. The lowest BCUT2D eigenvalue weighted by Crippen LogP contribution is -2.42. The van der Waals surface area contributed by atoms with Gasteiger partial charge in [0, 0.05) is 18.3 Å². The van der Waals surface area contributed by atoms with E-state index >= 15 is 0 Å². The van der Waals surface area contributed by atoms with Crippen molar-refractivity contribution in [2.75, 3.05) is 26.6 Å². The molecular formula is C20H25N5O6Si. The minimum absolute atomic E-state index is 0.0477. The lowest BCUT2D eigenvalue weighted by molar-refractivity contribution is -0.115. The average Bonchev–Trinajstić information content (AvgIpc) is 3.19. The van der Waals surface area contributed by atoms with Gasteiger partial charge in [-0.3, -0.25) is 4.79 Å². The molecule has 1 N–H and O–H groups in total. The fourth-order valence-corrected chi connectivity index (χ4v) is 3.52. The summed E-state index contributed by atoms with van der Waals surface area (Å²) < 4.78 is 26.7. The zero-order valence-corrected chi connectivity index (χ0v) is 19.8. The first-order chi connectivity index (χ1) is 15.2. The van der Waals surface area contributed by atoms with Gasteiger partial charge in [-0.25, -0.2) is 9.97 Å². The molecule has 3 aromatic rings. The molecule has 0 aromatic carbocycles. The van der Waals surface area contributed by atoms with Gasteiger partial charge in [0.15, 0.2) is 5.69 Å². The summed E-state index contributed by atoms with van der Waals surface area (Å²) in [6.45, 7) is 6.44. The molecule has 0 saturated carbocycles. The Kier molecular flexibility index (Phi) is 6.93. The zero-order valence-electron chi connectivity index (χ0n) is 18.8. The van der Waals surface area contributed by atoms with Gasteiger partial charge in [-0.1, -0.05) is 19.6 Å². The highest BCUT2D eigenvalue weighted by molar-refractivity contribution is 6.87. The third kappa shape index (κ3) is 5.52. The first kappa shape index (κ1) is 23.0. The van der Waals surface area contributed by atoms with Gasteiger partial charge >= 0.3 is 6.01 Å². The lowest BCUT2D eigenvalue weighted by Gasteiger charge is -2.14. The van der Waals surface area contributed by atoms with E-state index in [2.05, 4.69) is 44.9 Å². The van der Waals surface area contributed by atoms with Gasteiger partial charge in [0.1, 0.15) is 19.3 Å². The van der Waals surface area contributed by atoms with E-state index in [1.165, 1.54) is 21.3 Å². The number of amides is 1. The zero-order chi connectivity index (χ0) is 23.3. The van der Waals surface area contributed by atoms with Gasteiger partial charge < -0.3 is 28.7 Å². The molecule has 0 aliphatic heterocycles. The summed E-state index contributed by atoms with van der Waals surface area (Å²) in [5.74, 6) is 0.812. The van der Waals surface area contributed by atoms with Crippen LogP contribution in [0.1, 0.15) is 5.76 Å². The number of nitrogens with one attached hydrogen (secondary N) is 1. The molecule has 3 aromatic heterocycles. The van der Waals surface area contributed by atoms with Crippen LogP contribution >= 0.6 is 0 Å². The highest BCUT2D eigenvalue weighted by atomic mass is 28.3. The summed E-state index contributed by atoms with van der Waals surface area (Å²) in [5, 5.41) is 2.68. The third-order valence-electron chi connectivity index (χ3n) is 4.13. The average molecular weight is 460 g/mol. The molecule has 170 valence electrons. The van der Waals surface area contributed by atoms with E-state index in [1.54, 1.807) is 24.4 Å². The van der Waals surface area contributed by atoms with Crippen LogP contribution in [-0.4, -0.2) is 55.2 Å². The van der Waals surface area contributed by atoms with E-state index in [9.17, 15) is 4.79 Å². The van der Waals surface area contributed by atoms with E-state index in [1.807, 2.05) is 0 Å². The number of nitrogens with zero attached hydrogens (tertiary/aromatic N) is 4. The van der Waals surface area contributed by atoms with E-state index in [0.29, 0.717) is 11.6 Å². The quantitative estimate of drug-likeness (QED) is 0.476. The SMILES string of the molecule is COc1nc(OC)c(NC(=O)Cc2ccc(Oc3ccnc([Si](C)(C)C)n3)o2)c(OC)n1. The minimum Gasteiger partial charge on any atom is -0.479 e. The molecule has 0 spiro atoms. The van der Waals surface area contributed by atoms with Crippen molar-refractivity contribution in [3.63, 3.8) is 0 Å². The molecule has 0 bridgehead atoms. The summed E-state index contributed by atoms with van der Waals surface area (Å²) in [7, 11) is 2.55. The predicted octanol–water partition coefficient (Wildman–Crippen LogP) is 2.40. The molecule has 0 saturated heterocycles. The largest absolute Gasteiger partial charge is 0.479 e. The molecule has 0 fully saturated rings. The number of methoxy groups -OCH3 is 3. The van der Waals surface area contributed by atoms with Crippen LogP contribution in [0.15, 0.2) is 28.8 Å². The van der Waals surface area contributed by atoms with Crippen molar-refractivity contribution in [3.05, 3.63) is 30.2 Å². The molecule has 0 aliphatic rings. The summed E-state index contributed by atoms with van der Waals surface area (Å²) in [4.78, 5) is 29.4. The topological polar surface area (TPSA) is 131 Å². The Morgan fingerprint density at radius 3 is 2.28 bits per heavy atom. The Balaban J connectivity index is 1.69. The Morgan fingerprint density at radius 2 is 1.69 bits per heavy atom. The third-order valence-corrected chi connectivity index (χ3v) is 5.72. The standard InChI is InChI=1S/C20H25N5O6Si/c1-27-17-16(18(28-2)25-19(24-17)29-3)22-13(26)11-12-7-8-15(30-12)31-14-9-10-21-20(23-14)32(4,5)6/h7-10H,11H2,1-6H3,(H,22,26). The molecule has 3 rings (SSSR count). The molecule has 32 heavy (non-hydrogen) atoms. The van der Waals surface area contributed by atoms with Crippen LogP contribution in [0.25, 0.3) is 0 Å². The minimum atomic E-state index is -1.68. The van der Waals surface area contributed by atoms with Crippen molar-refractivity contribution in [1.82, 2.24) is 19.9 Å². The number of carbonyl (C=O) groups excluding carboxylic acids is 1. The van der Waals surface area contributed by atoms with Crippen LogP contribution in [-0.2, 0) is 11.2 Å². The molecule has 0 unspecified atom stereocenters. The molecule has 11 nitrogen and oxygen atoms in total. The fraction of sp³-hybridized carbons (Fsp3) is 0.350. The maximum absolute atomic E-state index is 12.6. The van der Waals surface area contributed by atoms with Crippen LogP contribution in [0.3, 0.4) is 0 Å². The molecule has 12 heteroatoms. The summed E-state index contributed by atoms with van der Waals surface area (Å²) in [5.41, 5.74) is 0.967. The van der Waals surface area contributed by atoms with Crippen molar-refractivity contribution in [1.29, 1.82) is 0 Å². The Labute approximate surface area is 186 Å². The van der Waals surface area contributed by atoms with Crippen molar-refractivity contribution in [2.45, 2.75) is 26.1 Å². The first-order valence-corrected chi connectivity index (χ1v) is 13.2. The van der Waals surface area contributed by atoms with Gasteiger partial charge in [0.25, 0.3) is 5.95 Å². The van der Waals surface area contributed by atoms with Crippen molar-refractivity contribution in [2.24, 2.45) is 0 Å². The predicted molar refractivity (Wildman–Crippen MR) is 118 cm³/mol. The number of furan rings is 1. The summed E-state index contributed by atoms with van der Waals surface area (Å²) in [6, 6.07) is 4.97. The van der Waals surface area contributed by atoms with Crippen LogP contribution in [0, 0.1) is 0 Å². The number of hydrogen-bond acceptors (Lipinski definition) is 10. The van der Waals surface area contributed by atoms with Crippen LogP contribution < -0.4 is 29.7 Å². The van der Waals surface area contributed by atoms with Crippen LogP contribution in [0.5, 0.6) is 29.6 Å². The maximum atomic E-state index is 12.6. The first-order valence-electron chi connectivity index (χ1n) is 9.67. The van der Waals surface area contributed by atoms with Crippen molar-refractivity contribution < 1.29 is 28.2 Å². The molecule has 3 heterocycles. The lowest BCUT2D eigenvalue weighted by atomic mass is 10.3. The molecule has 1 amide bonds. The Bertz CT molecular complexity index is 1070. The van der Waals surface area contributed by atoms with Crippen LogP contribution in [0.2, 0.25) is 19.6 Å². The van der Waals surface area contributed by atoms with Crippen molar-refractivity contribution in [3.8, 4) is 29.6 Å².